The first kappa shape index (κ1) is 50.8. The van der Waals surface area contributed by atoms with E-state index in [1.165, 1.54) is 128 Å². The van der Waals surface area contributed by atoms with Gasteiger partial charge in [0.15, 0.2) is 0 Å². The Bertz CT molecular complexity index is 735. The van der Waals surface area contributed by atoms with Crippen LogP contribution in [0.15, 0.2) is 74.4 Å². The molecule has 1 saturated carbocycles. The minimum absolute atomic E-state index is 0.610. The molecule has 1 aliphatic carbocycles. The van der Waals surface area contributed by atoms with Gasteiger partial charge in [0, 0.05) is 0 Å². The lowest BCUT2D eigenvalue weighted by Crippen LogP contribution is -2.09. The van der Waals surface area contributed by atoms with Crippen molar-refractivity contribution in [1.82, 2.24) is 0 Å². The van der Waals surface area contributed by atoms with E-state index in [4.69, 9.17) is 0 Å². The van der Waals surface area contributed by atoms with E-state index in [-0.39, 0.29) is 0 Å². The molecule has 0 aliphatic heterocycles. The zero-order chi connectivity index (χ0) is 36.7. The third-order valence-corrected chi connectivity index (χ3v) is 10.1. The molecule has 48 heavy (non-hydrogen) atoms. The summed E-state index contributed by atoms with van der Waals surface area (Å²) >= 11 is 0. The van der Waals surface area contributed by atoms with Crippen LogP contribution >= 0.6 is 0 Å². The summed E-state index contributed by atoms with van der Waals surface area (Å²) in [5, 5.41) is 0. The maximum Gasteiger partial charge on any atom is -0.0196 e. The molecule has 6 atom stereocenters. The lowest BCUT2D eigenvalue weighted by Gasteiger charge is -2.23. The van der Waals surface area contributed by atoms with E-state index in [1.807, 2.05) is 0 Å². The van der Waals surface area contributed by atoms with E-state index in [9.17, 15) is 0 Å². The van der Waals surface area contributed by atoms with Crippen molar-refractivity contribution in [1.29, 1.82) is 0 Å². The van der Waals surface area contributed by atoms with E-state index in [1.54, 1.807) is 0 Å². The Morgan fingerprint density at radius 1 is 0.583 bits per heavy atom. The number of unbranched alkanes of at least 4 members (excludes halogenated alkanes) is 2. The van der Waals surface area contributed by atoms with E-state index in [0.29, 0.717) is 17.8 Å². The molecule has 0 spiro atoms. The summed E-state index contributed by atoms with van der Waals surface area (Å²) in [5.74, 6) is 4.82. The van der Waals surface area contributed by atoms with Gasteiger partial charge in [-0.1, -0.05) is 186 Å². The predicted octanol–water partition coefficient (Wildman–Crippen LogP) is 17.3. The zero-order valence-electron chi connectivity index (χ0n) is 34.6. The van der Waals surface area contributed by atoms with Crippen molar-refractivity contribution < 1.29 is 0 Å². The Morgan fingerprint density at radius 2 is 1.08 bits per heavy atom. The summed E-state index contributed by atoms with van der Waals surface area (Å²) in [4.78, 5) is 0. The van der Waals surface area contributed by atoms with Gasteiger partial charge in [-0.15, -0.1) is 19.7 Å². The number of allylic oxidation sites excluding steroid dienone is 9. The fourth-order valence-corrected chi connectivity index (χ4v) is 6.63. The molecule has 1 fully saturated rings. The summed E-state index contributed by atoms with van der Waals surface area (Å²) in [6.07, 6.45) is 48.3. The molecule has 0 heteroatoms. The van der Waals surface area contributed by atoms with Gasteiger partial charge < -0.3 is 0 Å². The molecule has 1 rings (SSSR count). The second kappa shape index (κ2) is 41.6. The molecule has 0 aromatic heterocycles. The van der Waals surface area contributed by atoms with Crippen LogP contribution in [-0.2, 0) is 0 Å². The quantitative estimate of drug-likeness (QED) is 0.0896. The summed E-state index contributed by atoms with van der Waals surface area (Å²) in [6.45, 7) is 31.4. The molecule has 282 valence electrons. The molecule has 0 bridgehead atoms. The summed E-state index contributed by atoms with van der Waals surface area (Å²) < 4.78 is 0. The maximum absolute atomic E-state index is 3.96. The minimum atomic E-state index is 0.610. The van der Waals surface area contributed by atoms with E-state index < -0.39 is 0 Å². The lowest BCUT2D eigenvalue weighted by molar-refractivity contribution is 0.304. The van der Waals surface area contributed by atoms with Gasteiger partial charge >= 0.3 is 0 Å². The van der Waals surface area contributed by atoms with Crippen LogP contribution in [0.1, 0.15) is 197 Å². The van der Waals surface area contributed by atoms with Crippen LogP contribution in [-0.4, -0.2) is 0 Å². The highest BCUT2D eigenvalue weighted by atomic mass is 14.2. The Balaban J connectivity index is -0.000000610. The molecular weight excluding hydrogens is 577 g/mol. The molecule has 0 aromatic carbocycles. The van der Waals surface area contributed by atoms with Gasteiger partial charge in [0.05, 0.1) is 0 Å². The third kappa shape index (κ3) is 34.3. The Kier molecular flexibility index (Phi) is 44.1. The van der Waals surface area contributed by atoms with Gasteiger partial charge in [-0.2, -0.15) is 0 Å². The van der Waals surface area contributed by atoms with Gasteiger partial charge in [0.2, 0.25) is 0 Å². The molecule has 0 saturated heterocycles. The number of hydrogen-bond acceptors (Lipinski definition) is 0. The van der Waals surface area contributed by atoms with E-state index in [0.717, 1.165) is 24.2 Å². The third-order valence-electron chi connectivity index (χ3n) is 10.1. The van der Waals surface area contributed by atoms with Crippen molar-refractivity contribution in [2.24, 2.45) is 35.5 Å². The van der Waals surface area contributed by atoms with Gasteiger partial charge in [0.25, 0.3) is 0 Å². The van der Waals surface area contributed by atoms with Crippen molar-refractivity contribution in [2.45, 2.75) is 197 Å². The van der Waals surface area contributed by atoms with Crippen LogP contribution in [0.4, 0.5) is 0 Å². The first-order valence-corrected chi connectivity index (χ1v) is 21.0. The van der Waals surface area contributed by atoms with Crippen molar-refractivity contribution in [3.8, 4) is 0 Å². The van der Waals surface area contributed by atoms with Crippen LogP contribution in [0.3, 0.4) is 0 Å². The minimum Gasteiger partial charge on any atom is -0.103 e. The number of rotatable bonds is 20. The molecule has 0 heterocycles. The average Bonchev–Trinajstić information content (AvgIpc) is 3.11. The topological polar surface area (TPSA) is 0 Å². The molecule has 0 N–H and O–H groups in total. The highest BCUT2D eigenvalue weighted by Gasteiger charge is 2.15. The zero-order valence-corrected chi connectivity index (χ0v) is 34.6. The Labute approximate surface area is 306 Å². The summed E-state index contributed by atoms with van der Waals surface area (Å²) in [7, 11) is 0. The Morgan fingerprint density at radius 3 is 1.52 bits per heavy atom. The standard InChI is InChI=1S/2C16H30.C13H22.C3H8/c1-3-5-11-16-13-10-8-6-7-9-12-15(4-2)14-16;1-5-9-11-13-16(8-4)14-15(7-3)12-10-6-2;1-5-9-10-13(8-4)11-12(6-2)7-3;1-3-2/h3,5,15-16H,4,6-14H2,1-2H3;6-7,10,15-16H,3,5,8-9,11-14H2,1-2,4H3;5-6,8-9,12-13H,2,4,7,10-11H2,1,3H3;3H2,1-2H3/b5-3+;10-6+;9-5+;. The van der Waals surface area contributed by atoms with Gasteiger partial charge in [-0.3, -0.25) is 0 Å². The smallest absolute Gasteiger partial charge is 0.0196 e. The monoisotopic (exact) mass is 667 g/mol. The molecule has 0 nitrogen and oxygen atoms in total. The van der Waals surface area contributed by atoms with Crippen LogP contribution in [0.25, 0.3) is 0 Å². The number of hydrogen-bond donors (Lipinski definition) is 0. The highest BCUT2D eigenvalue weighted by molar-refractivity contribution is 4.92. The highest BCUT2D eigenvalue weighted by Crippen LogP contribution is 2.30. The van der Waals surface area contributed by atoms with Crippen molar-refractivity contribution in [2.75, 3.05) is 0 Å². The van der Waals surface area contributed by atoms with Crippen molar-refractivity contribution in [3.05, 3.63) is 74.4 Å². The lowest BCUT2D eigenvalue weighted by atomic mass is 9.83. The molecular formula is C48H90. The van der Waals surface area contributed by atoms with Gasteiger partial charge in [0.1, 0.15) is 0 Å². The summed E-state index contributed by atoms with van der Waals surface area (Å²) in [5.41, 5.74) is 0. The SMILES string of the molecule is C/C=C/CC1CCCCCCCC(CC)C1.C=CC(C/C=C/C)CC(CC)CCCCC.C=CC(CC)CC(C=C)C/C=C/C.CCC. The molecule has 6 unspecified atom stereocenters. The predicted molar refractivity (Wildman–Crippen MR) is 227 cm³/mol. The Hall–Kier alpha value is -1.56. The largest absolute Gasteiger partial charge is 0.103 e. The summed E-state index contributed by atoms with van der Waals surface area (Å²) in [6, 6.07) is 0. The molecule has 0 amide bonds. The van der Waals surface area contributed by atoms with E-state index in [2.05, 4.69) is 137 Å². The normalized spacial score (nSPS) is 19.4. The molecule has 0 aromatic rings. The fraction of sp³-hybridized carbons (Fsp3) is 0.750. The first-order valence-electron chi connectivity index (χ1n) is 21.0. The second-order valence-corrected chi connectivity index (χ2v) is 14.5. The average molecular weight is 667 g/mol. The van der Waals surface area contributed by atoms with Crippen molar-refractivity contribution >= 4 is 0 Å². The fourth-order valence-electron chi connectivity index (χ4n) is 6.63. The van der Waals surface area contributed by atoms with Crippen LogP contribution in [0.5, 0.6) is 0 Å². The molecule has 1 aliphatic rings. The van der Waals surface area contributed by atoms with Crippen LogP contribution < -0.4 is 0 Å². The van der Waals surface area contributed by atoms with Crippen LogP contribution in [0.2, 0.25) is 0 Å². The second-order valence-electron chi connectivity index (χ2n) is 14.5. The van der Waals surface area contributed by atoms with E-state index >= 15 is 0 Å². The maximum atomic E-state index is 3.96. The van der Waals surface area contributed by atoms with Crippen molar-refractivity contribution in [3.63, 3.8) is 0 Å². The first-order chi connectivity index (χ1) is 23.3. The molecule has 0 radical (unpaired) electrons. The van der Waals surface area contributed by atoms with Gasteiger partial charge in [-0.25, -0.2) is 0 Å². The van der Waals surface area contributed by atoms with Gasteiger partial charge in [-0.05, 0) is 101 Å². The van der Waals surface area contributed by atoms with Crippen LogP contribution in [0, 0.1) is 35.5 Å².